The van der Waals surface area contributed by atoms with E-state index in [1.165, 1.54) is 41.9 Å². The van der Waals surface area contributed by atoms with Crippen molar-refractivity contribution in [3.05, 3.63) is 101 Å². The Hall–Kier alpha value is -3.46. The Balaban J connectivity index is 1.46. The van der Waals surface area contributed by atoms with E-state index < -0.39 is 0 Å². The van der Waals surface area contributed by atoms with Gasteiger partial charge in [-0.05, 0) is 63.9 Å². The fraction of sp³-hybridized carbons (Fsp3) is 0.185. The molecule has 1 aliphatic rings. The van der Waals surface area contributed by atoms with Crippen molar-refractivity contribution in [3.8, 4) is 11.1 Å². The highest BCUT2D eigenvalue weighted by molar-refractivity contribution is 5.91. The maximum absolute atomic E-state index is 12.3. The largest absolute Gasteiger partial charge is 0.465 e. The smallest absolute Gasteiger partial charge is 0.339 e. The molecule has 148 valence electrons. The molecular weight excluding hydrogens is 370 g/mol. The third kappa shape index (κ3) is 3.71. The summed E-state index contributed by atoms with van der Waals surface area (Å²) in [5, 5.41) is 2.38. The molecule has 3 nitrogen and oxygen atoms in total. The first-order valence-electron chi connectivity index (χ1n) is 10.4. The van der Waals surface area contributed by atoms with Gasteiger partial charge in [-0.2, -0.15) is 0 Å². The minimum Gasteiger partial charge on any atom is -0.465 e. The maximum Gasteiger partial charge on any atom is 0.339 e. The minimum absolute atomic E-state index is 0.312. The lowest BCUT2D eigenvalue weighted by molar-refractivity contribution is 0.0599. The van der Waals surface area contributed by atoms with Gasteiger partial charge >= 0.3 is 5.97 Å². The summed E-state index contributed by atoms with van der Waals surface area (Å²) in [5.74, 6) is 0.239. The van der Waals surface area contributed by atoms with Gasteiger partial charge in [0.25, 0.3) is 0 Å². The van der Waals surface area contributed by atoms with E-state index in [9.17, 15) is 4.79 Å². The number of benzene rings is 3. The van der Waals surface area contributed by atoms with E-state index in [2.05, 4.69) is 65.6 Å². The third-order valence-electron chi connectivity index (χ3n) is 5.83. The second-order valence-electron chi connectivity index (χ2n) is 7.97. The van der Waals surface area contributed by atoms with E-state index in [1.807, 2.05) is 18.3 Å². The first kappa shape index (κ1) is 18.6. The Morgan fingerprint density at radius 2 is 1.70 bits per heavy atom. The van der Waals surface area contributed by atoms with Crippen LogP contribution in [0.15, 0.2) is 79.0 Å². The summed E-state index contributed by atoms with van der Waals surface area (Å²) in [5.41, 5.74) is 6.05. The number of pyridine rings is 1. The van der Waals surface area contributed by atoms with Gasteiger partial charge in [0.15, 0.2) is 0 Å². The molecule has 0 spiro atoms. The monoisotopic (exact) mass is 393 g/mol. The summed E-state index contributed by atoms with van der Waals surface area (Å²) in [6, 6.07) is 25.4. The van der Waals surface area contributed by atoms with Crippen molar-refractivity contribution in [1.82, 2.24) is 4.98 Å². The number of carbonyl (C=O) groups excluding carboxylic acids is 1. The van der Waals surface area contributed by atoms with Crippen molar-refractivity contribution in [2.75, 3.05) is 7.11 Å². The van der Waals surface area contributed by atoms with E-state index in [4.69, 9.17) is 4.74 Å². The van der Waals surface area contributed by atoms with Crippen LogP contribution in [0.5, 0.6) is 0 Å². The molecule has 1 aliphatic carbocycles. The van der Waals surface area contributed by atoms with Gasteiger partial charge in [0.1, 0.15) is 0 Å². The molecule has 0 unspecified atom stereocenters. The summed E-state index contributed by atoms with van der Waals surface area (Å²) in [7, 11) is 1.43. The SMILES string of the molecule is COC(=O)c1cc(C2CC2)cnc1Cc1ccc2cc(-c3ccccc3)ccc2c1. The standard InChI is InChI=1S/C27H23NO2/c1-30-27(29)25-16-24(20-9-10-20)17-28-26(25)14-18-7-8-23-15-22(12-11-21(23)13-18)19-5-3-2-4-6-19/h2-8,11-13,15-17,20H,9-10,14H2,1H3. The van der Waals surface area contributed by atoms with Crippen molar-refractivity contribution in [2.24, 2.45) is 0 Å². The van der Waals surface area contributed by atoms with Crippen molar-refractivity contribution in [3.63, 3.8) is 0 Å². The minimum atomic E-state index is -0.312. The van der Waals surface area contributed by atoms with Gasteiger partial charge in [-0.3, -0.25) is 4.98 Å². The molecule has 1 fully saturated rings. The summed E-state index contributed by atoms with van der Waals surface area (Å²) >= 11 is 0. The molecule has 0 N–H and O–H groups in total. The second-order valence-corrected chi connectivity index (χ2v) is 7.97. The summed E-state index contributed by atoms with van der Waals surface area (Å²) in [6.45, 7) is 0. The fourth-order valence-corrected chi connectivity index (χ4v) is 3.99. The van der Waals surface area contributed by atoms with Gasteiger partial charge in [-0.15, -0.1) is 0 Å². The van der Waals surface area contributed by atoms with Crippen LogP contribution >= 0.6 is 0 Å². The van der Waals surface area contributed by atoms with E-state index in [0.717, 1.165) is 16.8 Å². The zero-order chi connectivity index (χ0) is 20.5. The molecule has 3 heteroatoms. The summed E-state index contributed by atoms with van der Waals surface area (Å²) < 4.78 is 5.02. The van der Waals surface area contributed by atoms with Gasteiger partial charge in [0.2, 0.25) is 0 Å². The molecule has 3 aromatic carbocycles. The molecule has 5 rings (SSSR count). The maximum atomic E-state index is 12.3. The number of hydrogen-bond acceptors (Lipinski definition) is 3. The molecular formula is C27H23NO2. The van der Waals surface area contributed by atoms with E-state index in [0.29, 0.717) is 17.9 Å². The molecule has 30 heavy (non-hydrogen) atoms. The zero-order valence-electron chi connectivity index (χ0n) is 17.0. The third-order valence-corrected chi connectivity index (χ3v) is 5.83. The Morgan fingerprint density at radius 3 is 2.47 bits per heavy atom. The lowest BCUT2D eigenvalue weighted by Crippen LogP contribution is -2.09. The lowest BCUT2D eigenvalue weighted by atomic mass is 9.97. The van der Waals surface area contributed by atoms with E-state index in [1.54, 1.807) is 0 Å². The van der Waals surface area contributed by atoms with Crippen LogP contribution < -0.4 is 0 Å². The number of ether oxygens (including phenoxy) is 1. The van der Waals surface area contributed by atoms with Crippen molar-refractivity contribution in [2.45, 2.75) is 25.2 Å². The number of rotatable bonds is 5. The number of hydrogen-bond donors (Lipinski definition) is 0. The number of esters is 1. The van der Waals surface area contributed by atoms with E-state index >= 15 is 0 Å². The number of aromatic nitrogens is 1. The normalized spacial score (nSPS) is 13.4. The van der Waals surface area contributed by atoms with Crippen LogP contribution in [-0.4, -0.2) is 18.1 Å². The summed E-state index contributed by atoms with van der Waals surface area (Å²) in [4.78, 5) is 17.0. The molecule has 0 amide bonds. The second kappa shape index (κ2) is 7.75. The van der Waals surface area contributed by atoms with Crippen LogP contribution in [0.4, 0.5) is 0 Å². The predicted octanol–water partition coefficient (Wildman–Crippen LogP) is 6.16. The van der Waals surface area contributed by atoms with Gasteiger partial charge in [0.05, 0.1) is 18.4 Å². The highest BCUT2D eigenvalue weighted by Crippen LogP contribution is 2.40. The number of methoxy groups -OCH3 is 1. The molecule has 0 radical (unpaired) electrons. The molecule has 1 saturated carbocycles. The average molecular weight is 393 g/mol. The molecule has 1 aromatic heterocycles. The molecule has 0 saturated heterocycles. The van der Waals surface area contributed by atoms with Gasteiger partial charge in [-0.1, -0.05) is 60.7 Å². The van der Waals surface area contributed by atoms with Crippen LogP contribution in [-0.2, 0) is 11.2 Å². The fourth-order valence-electron chi connectivity index (χ4n) is 3.99. The molecule has 0 aliphatic heterocycles. The number of carbonyl (C=O) groups is 1. The van der Waals surface area contributed by atoms with Gasteiger partial charge < -0.3 is 4.74 Å². The van der Waals surface area contributed by atoms with Crippen molar-refractivity contribution < 1.29 is 9.53 Å². The highest BCUT2D eigenvalue weighted by atomic mass is 16.5. The van der Waals surface area contributed by atoms with Crippen LogP contribution in [0.1, 0.15) is 45.9 Å². The van der Waals surface area contributed by atoms with Crippen LogP contribution in [0.25, 0.3) is 21.9 Å². The summed E-state index contributed by atoms with van der Waals surface area (Å²) in [6.07, 6.45) is 4.88. The van der Waals surface area contributed by atoms with Crippen LogP contribution in [0.2, 0.25) is 0 Å². The molecule has 0 atom stereocenters. The van der Waals surface area contributed by atoms with Gasteiger partial charge in [-0.25, -0.2) is 4.79 Å². The van der Waals surface area contributed by atoms with Crippen molar-refractivity contribution >= 4 is 16.7 Å². The quantitative estimate of drug-likeness (QED) is 0.381. The average Bonchev–Trinajstić information content (AvgIpc) is 3.64. The number of nitrogens with zero attached hydrogens (tertiary/aromatic N) is 1. The Morgan fingerprint density at radius 1 is 0.933 bits per heavy atom. The molecule has 4 aromatic rings. The Kier molecular flexibility index (Phi) is 4.80. The first-order valence-corrected chi connectivity index (χ1v) is 10.4. The van der Waals surface area contributed by atoms with E-state index in [-0.39, 0.29) is 5.97 Å². The first-order chi connectivity index (χ1) is 14.7. The van der Waals surface area contributed by atoms with Crippen LogP contribution in [0.3, 0.4) is 0 Å². The molecule has 1 heterocycles. The predicted molar refractivity (Wildman–Crippen MR) is 120 cm³/mol. The van der Waals surface area contributed by atoms with Crippen molar-refractivity contribution in [1.29, 1.82) is 0 Å². The van der Waals surface area contributed by atoms with Crippen LogP contribution in [0, 0.1) is 0 Å². The van der Waals surface area contributed by atoms with Gasteiger partial charge in [0, 0.05) is 12.6 Å². The Labute approximate surface area is 176 Å². The Bertz CT molecular complexity index is 1230. The number of fused-ring (bicyclic) bond motifs is 1. The molecule has 0 bridgehead atoms. The lowest BCUT2D eigenvalue weighted by Gasteiger charge is -2.11. The topological polar surface area (TPSA) is 39.2 Å². The zero-order valence-corrected chi connectivity index (χ0v) is 17.0. The highest BCUT2D eigenvalue weighted by Gasteiger charge is 2.26.